The van der Waals surface area contributed by atoms with Crippen LogP contribution in [0.2, 0.25) is 0 Å². The van der Waals surface area contributed by atoms with E-state index in [0.717, 1.165) is 42.2 Å². The second-order valence-corrected chi connectivity index (χ2v) is 10.4. The molecule has 1 aromatic heterocycles. The standard InChI is InChI=1S/C31H30FN3O2/c32-24-12-8-11-23(19-24)29(22-15-16-22)34-31(36)28-25-13-4-5-14-27(25)33-30(21-9-2-1-3-10-21)26(28)20-35(37)17-6-7-18-35/h1-5,8-14,19,22,29H,6-7,15-18,20H2,(H,34,36). The molecule has 37 heavy (non-hydrogen) atoms. The maximum atomic E-state index is 14.2. The van der Waals surface area contributed by atoms with Crippen LogP contribution >= 0.6 is 0 Å². The minimum Gasteiger partial charge on any atom is -0.633 e. The molecule has 6 heteroatoms. The van der Waals surface area contributed by atoms with Crippen LogP contribution in [0.3, 0.4) is 0 Å². The lowest BCUT2D eigenvalue weighted by Crippen LogP contribution is -2.39. The van der Waals surface area contributed by atoms with Gasteiger partial charge in [-0.2, -0.15) is 0 Å². The van der Waals surface area contributed by atoms with Crippen LogP contribution < -0.4 is 5.32 Å². The molecular formula is C31H30FN3O2. The second kappa shape index (κ2) is 9.69. The fourth-order valence-corrected chi connectivity index (χ4v) is 5.67. The number of benzene rings is 3. The van der Waals surface area contributed by atoms with Gasteiger partial charge < -0.3 is 15.2 Å². The molecule has 2 aliphatic rings. The number of rotatable bonds is 7. The van der Waals surface area contributed by atoms with Gasteiger partial charge in [-0.15, -0.1) is 0 Å². The normalized spacial score (nSPS) is 17.6. The maximum Gasteiger partial charge on any atom is 0.253 e. The highest BCUT2D eigenvalue weighted by Gasteiger charge is 2.36. The van der Waals surface area contributed by atoms with Crippen LogP contribution in [0.4, 0.5) is 4.39 Å². The Morgan fingerprint density at radius 3 is 2.46 bits per heavy atom. The summed E-state index contributed by atoms with van der Waals surface area (Å²) < 4.78 is 13.7. The lowest BCUT2D eigenvalue weighted by atomic mass is 9.94. The Labute approximate surface area is 216 Å². The Bertz CT molecular complexity index is 1450. The van der Waals surface area contributed by atoms with E-state index in [9.17, 15) is 14.4 Å². The van der Waals surface area contributed by atoms with Crippen molar-refractivity contribution < 1.29 is 13.8 Å². The zero-order valence-corrected chi connectivity index (χ0v) is 20.7. The predicted molar refractivity (Wildman–Crippen MR) is 143 cm³/mol. The molecule has 1 unspecified atom stereocenters. The van der Waals surface area contributed by atoms with E-state index in [-0.39, 0.29) is 34.9 Å². The Morgan fingerprint density at radius 2 is 1.73 bits per heavy atom. The van der Waals surface area contributed by atoms with E-state index in [1.807, 2.05) is 60.7 Å². The Balaban J connectivity index is 1.51. The average Bonchev–Trinajstić information content (AvgIpc) is 3.67. The number of fused-ring (bicyclic) bond motifs is 1. The summed E-state index contributed by atoms with van der Waals surface area (Å²) in [7, 11) is 0. The van der Waals surface area contributed by atoms with Gasteiger partial charge in [0, 0.05) is 29.4 Å². The van der Waals surface area contributed by atoms with Crippen LogP contribution in [-0.2, 0) is 6.54 Å². The number of amides is 1. The lowest BCUT2D eigenvalue weighted by Gasteiger charge is -2.39. The highest BCUT2D eigenvalue weighted by atomic mass is 19.1. The van der Waals surface area contributed by atoms with E-state index in [4.69, 9.17) is 4.98 Å². The van der Waals surface area contributed by atoms with E-state index >= 15 is 0 Å². The van der Waals surface area contributed by atoms with E-state index in [1.54, 1.807) is 6.07 Å². The number of likely N-dealkylation sites (tertiary alicyclic amines) is 1. The van der Waals surface area contributed by atoms with Gasteiger partial charge in [0.1, 0.15) is 12.4 Å². The van der Waals surface area contributed by atoms with Crippen molar-refractivity contribution in [2.45, 2.75) is 38.3 Å². The molecule has 1 amide bonds. The largest absolute Gasteiger partial charge is 0.633 e. The Morgan fingerprint density at radius 1 is 1.00 bits per heavy atom. The van der Waals surface area contributed by atoms with Gasteiger partial charge in [-0.05, 0) is 42.5 Å². The third-order valence-corrected chi connectivity index (χ3v) is 7.68. The molecule has 188 valence electrons. The van der Waals surface area contributed by atoms with Crippen molar-refractivity contribution >= 4 is 16.8 Å². The molecule has 1 N–H and O–H groups in total. The first-order chi connectivity index (χ1) is 18.0. The monoisotopic (exact) mass is 495 g/mol. The Kier molecular flexibility index (Phi) is 6.22. The number of aromatic nitrogens is 1. The van der Waals surface area contributed by atoms with Crippen molar-refractivity contribution in [1.82, 2.24) is 10.3 Å². The molecule has 6 rings (SSSR count). The molecule has 1 atom stereocenters. The number of pyridine rings is 1. The summed E-state index contributed by atoms with van der Waals surface area (Å²) in [5.41, 5.74) is 4.24. The van der Waals surface area contributed by atoms with Gasteiger partial charge >= 0.3 is 0 Å². The summed E-state index contributed by atoms with van der Waals surface area (Å²) in [6.45, 7) is 1.27. The van der Waals surface area contributed by atoms with Crippen LogP contribution in [0.5, 0.6) is 0 Å². The van der Waals surface area contributed by atoms with E-state index < -0.39 is 0 Å². The number of quaternary nitrogens is 1. The molecule has 5 nitrogen and oxygen atoms in total. The Hall–Kier alpha value is -3.61. The van der Waals surface area contributed by atoms with E-state index in [1.165, 1.54) is 12.1 Å². The minimum atomic E-state index is -0.351. The molecule has 2 fully saturated rings. The fraction of sp³-hybridized carbons (Fsp3) is 0.290. The molecule has 3 aromatic carbocycles. The van der Waals surface area contributed by atoms with Crippen LogP contribution in [-0.4, -0.2) is 28.6 Å². The van der Waals surface area contributed by atoms with Crippen molar-refractivity contribution in [2.24, 2.45) is 5.92 Å². The molecule has 0 spiro atoms. The third kappa shape index (κ3) is 4.87. The first kappa shape index (κ1) is 23.8. The quantitative estimate of drug-likeness (QED) is 0.234. The van der Waals surface area contributed by atoms with Gasteiger partial charge in [0.2, 0.25) is 0 Å². The number of hydrogen-bond donors (Lipinski definition) is 1. The summed E-state index contributed by atoms with van der Waals surface area (Å²) in [5.74, 6) is -0.282. The minimum absolute atomic E-state index is 0.193. The highest BCUT2D eigenvalue weighted by Crippen LogP contribution is 2.42. The molecule has 0 radical (unpaired) electrons. The lowest BCUT2D eigenvalue weighted by molar-refractivity contribution is -0.881. The van der Waals surface area contributed by atoms with Crippen molar-refractivity contribution in [1.29, 1.82) is 0 Å². The summed E-state index contributed by atoms with van der Waals surface area (Å²) in [5, 5.41) is 17.7. The molecule has 1 saturated heterocycles. The molecule has 0 bridgehead atoms. The van der Waals surface area contributed by atoms with Crippen LogP contribution in [0.25, 0.3) is 22.2 Å². The van der Waals surface area contributed by atoms with Crippen LogP contribution in [0, 0.1) is 16.9 Å². The molecule has 1 aliphatic carbocycles. The molecule has 2 heterocycles. The van der Waals surface area contributed by atoms with Gasteiger partial charge in [-0.1, -0.05) is 60.7 Å². The smallest absolute Gasteiger partial charge is 0.253 e. The number of para-hydroxylation sites is 1. The number of halogens is 1. The van der Waals surface area contributed by atoms with Crippen molar-refractivity contribution in [3.05, 3.63) is 107 Å². The molecule has 4 aromatic rings. The number of hydrogen-bond acceptors (Lipinski definition) is 3. The third-order valence-electron chi connectivity index (χ3n) is 7.68. The fourth-order valence-electron chi connectivity index (χ4n) is 5.67. The maximum absolute atomic E-state index is 14.2. The zero-order chi connectivity index (χ0) is 25.4. The zero-order valence-electron chi connectivity index (χ0n) is 20.7. The van der Waals surface area contributed by atoms with Gasteiger partial charge in [0.05, 0.1) is 35.9 Å². The molecule has 1 saturated carbocycles. The topological polar surface area (TPSA) is 65.0 Å². The number of nitrogens with one attached hydrogen (secondary N) is 1. The van der Waals surface area contributed by atoms with Gasteiger partial charge in [0.25, 0.3) is 5.91 Å². The summed E-state index contributed by atoms with van der Waals surface area (Å²) in [6.07, 6.45) is 3.74. The first-order valence-corrected chi connectivity index (χ1v) is 13.1. The van der Waals surface area contributed by atoms with Crippen molar-refractivity contribution in [3.63, 3.8) is 0 Å². The molecule has 1 aliphatic heterocycles. The molecular weight excluding hydrogens is 465 g/mol. The van der Waals surface area contributed by atoms with E-state index in [2.05, 4.69) is 5.32 Å². The predicted octanol–water partition coefficient (Wildman–Crippen LogP) is 6.53. The van der Waals surface area contributed by atoms with Crippen molar-refractivity contribution in [3.8, 4) is 11.3 Å². The van der Waals surface area contributed by atoms with Gasteiger partial charge in [-0.25, -0.2) is 9.37 Å². The number of hydroxylamine groups is 3. The van der Waals surface area contributed by atoms with Crippen LogP contribution in [0.1, 0.15) is 53.2 Å². The average molecular weight is 496 g/mol. The summed E-state index contributed by atoms with van der Waals surface area (Å²) >= 11 is 0. The first-order valence-electron chi connectivity index (χ1n) is 13.1. The van der Waals surface area contributed by atoms with Crippen LogP contribution in [0.15, 0.2) is 78.9 Å². The number of carbonyl (C=O) groups excluding carboxylic acids is 1. The summed E-state index contributed by atoms with van der Waals surface area (Å²) in [4.78, 5) is 19.2. The van der Waals surface area contributed by atoms with Crippen molar-refractivity contribution in [2.75, 3.05) is 13.1 Å². The van der Waals surface area contributed by atoms with Gasteiger partial charge in [0.15, 0.2) is 0 Å². The number of carbonyl (C=O) groups is 1. The number of nitrogens with zero attached hydrogens (tertiary/aromatic N) is 2. The van der Waals surface area contributed by atoms with Gasteiger partial charge in [-0.3, -0.25) is 4.79 Å². The second-order valence-electron chi connectivity index (χ2n) is 10.4. The summed E-state index contributed by atoms with van der Waals surface area (Å²) in [6, 6.07) is 23.6. The SMILES string of the molecule is O=C(NC(c1cccc(F)c1)C1CC1)c1c(C[N+]2([O-])CCCC2)c(-c2ccccc2)nc2ccccc12. The van der Waals surface area contributed by atoms with E-state index in [0.29, 0.717) is 35.4 Å². The highest BCUT2D eigenvalue weighted by molar-refractivity contribution is 6.09.